The lowest BCUT2D eigenvalue weighted by atomic mass is 10.5. The molecule has 0 N–H and O–H groups in total. The predicted molar refractivity (Wildman–Crippen MR) is 120 cm³/mol. The van der Waals surface area contributed by atoms with E-state index in [0.29, 0.717) is 0 Å². The van der Waals surface area contributed by atoms with Gasteiger partial charge >= 0.3 is 0 Å². The number of hydrogen-bond donors (Lipinski definition) is 0. The summed E-state index contributed by atoms with van der Waals surface area (Å²) in [5, 5.41) is 7.96. The summed E-state index contributed by atoms with van der Waals surface area (Å²) in [5.74, 6) is 0. The first-order valence-electron chi connectivity index (χ1n) is 9.89. The van der Waals surface area contributed by atoms with Gasteiger partial charge in [0.05, 0.1) is 5.69 Å². The lowest BCUT2D eigenvalue weighted by Crippen LogP contribution is -1.90. The van der Waals surface area contributed by atoms with Gasteiger partial charge in [-0.3, -0.25) is 9.36 Å². The van der Waals surface area contributed by atoms with Crippen LogP contribution in [0.25, 0.3) is 0 Å². The molecule has 3 heterocycles. The van der Waals surface area contributed by atoms with Crippen molar-refractivity contribution < 1.29 is 0 Å². The van der Waals surface area contributed by atoms with Crippen LogP contribution in [0.1, 0.15) is 58.6 Å². The second-order valence-electron chi connectivity index (χ2n) is 4.99. The molecule has 27 heavy (non-hydrogen) atoms. The number of hydrogen-bond acceptors (Lipinski definition) is 2. The van der Waals surface area contributed by atoms with E-state index < -0.39 is 0 Å². The maximum absolute atomic E-state index is 4.03. The molecule has 0 aromatic carbocycles. The van der Waals surface area contributed by atoms with Crippen molar-refractivity contribution in [2.75, 3.05) is 0 Å². The standard InChI is InChI=1S/C6H9N.2C5H8N2.3C2H6/c1-6-4-3-5-7(6)2;1-5-3-4-7(2)6-5;1-5-3-4-6-7(5)2;3*1-2/h3-5H,1-2H3;2*3-4H,1-2H3;3*1-2H3. The Morgan fingerprint density at radius 2 is 1.26 bits per heavy atom. The van der Waals surface area contributed by atoms with Gasteiger partial charge in [-0.2, -0.15) is 10.2 Å². The quantitative estimate of drug-likeness (QED) is 0.491. The molecule has 0 aliphatic rings. The molecule has 0 amide bonds. The summed E-state index contributed by atoms with van der Waals surface area (Å²) < 4.78 is 5.70. The van der Waals surface area contributed by atoms with E-state index in [4.69, 9.17) is 0 Å². The van der Waals surface area contributed by atoms with Crippen molar-refractivity contribution in [1.82, 2.24) is 24.1 Å². The van der Waals surface area contributed by atoms with Crippen molar-refractivity contribution in [3.8, 4) is 0 Å². The maximum atomic E-state index is 4.03. The zero-order chi connectivity index (χ0) is 21.8. The highest BCUT2D eigenvalue weighted by atomic mass is 15.2. The Balaban J connectivity index is -0.000000281. The first kappa shape index (κ1) is 29.5. The maximum Gasteiger partial charge on any atom is 0.0593 e. The molecule has 0 aliphatic heterocycles. The molecule has 0 spiro atoms. The number of aryl methyl sites for hydroxylation is 6. The first-order valence-corrected chi connectivity index (χ1v) is 9.89. The summed E-state index contributed by atoms with van der Waals surface area (Å²) in [6, 6.07) is 8.06. The summed E-state index contributed by atoms with van der Waals surface area (Å²) in [7, 11) is 5.87. The monoisotopic (exact) mass is 377 g/mol. The van der Waals surface area contributed by atoms with Crippen LogP contribution in [0.2, 0.25) is 0 Å². The van der Waals surface area contributed by atoms with E-state index >= 15 is 0 Å². The van der Waals surface area contributed by atoms with Gasteiger partial charge in [0.15, 0.2) is 0 Å². The van der Waals surface area contributed by atoms with E-state index in [1.54, 1.807) is 10.9 Å². The van der Waals surface area contributed by atoms with Gasteiger partial charge in [0.2, 0.25) is 0 Å². The number of aromatic nitrogens is 5. The predicted octanol–water partition coefficient (Wildman–Crippen LogP) is 5.87. The van der Waals surface area contributed by atoms with Crippen LogP contribution < -0.4 is 0 Å². The largest absolute Gasteiger partial charge is 0.355 e. The molecule has 156 valence electrons. The molecule has 0 fully saturated rings. The van der Waals surface area contributed by atoms with Crippen LogP contribution in [0, 0.1) is 20.8 Å². The molecule has 0 unspecified atom stereocenters. The van der Waals surface area contributed by atoms with E-state index in [0.717, 1.165) is 5.69 Å². The Hall–Kier alpha value is -2.30. The normalized spacial score (nSPS) is 8.00. The topological polar surface area (TPSA) is 40.6 Å². The van der Waals surface area contributed by atoms with Crippen LogP contribution in [0.5, 0.6) is 0 Å². The molecule has 0 atom stereocenters. The van der Waals surface area contributed by atoms with E-state index in [1.165, 1.54) is 11.4 Å². The first-order chi connectivity index (χ1) is 12.9. The molecule has 3 aromatic rings. The van der Waals surface area contributed by atoms with E-state index in [2.05, 4.69) is 27.8 Å². The number of nitrogens with zero attached hydrogens (tertiary/aromatic N) is 5. The lowest BCUT2D eigenvalue weighted by molar-refractivity contribution is 0.740. The third-order valence-electron chi connectivity index (χ3n) is 3.12. The fourth-order valence-electron chi connectivity index (χ4n) is 1.52. The average Bonchev–Trinajstić information content (AvgIpc) is 3.38. The van der Waals surface area contributed by atoms with E-state index in [-0.39, 0.29) is 0 Å². The Labute approximate surface area is 168 Å². The van der Waals surface area contributed by atoms with Gasteiger partial charge in [-0.15, -0.1) is 0 Å². The van der Waals surface area contributed by atoms with Crippen LogP contribution in [0.4, 0.5) is 0 Å². The van der Waals surface area contributed by atoms with Gasteiger partial charge < -0.3 is 4.57 Å². The Morgan fingerprint density at radius 3 is 1.37 bits per heavy atom. The van der Waals surface area contributed by atoms with Gasteiger partial charge in [0.25, 0.3) is 0 Å². The fraction of sp³-hybridized carbons (Fsp3) is 0.545. The van der Waals surface area contributed by atoms with Crippen molar-refractivity contribution in [3.05, 3.63) is 59.9 Å². The minimum absolute atomic E-state index is 1.07. The molecular weight excluding hydrogens is 334 g/mol. The SMILES string of the molecule is CC.CC.CC.Cc1cccn1C.Cc1ccn(C)n1.Cc1ccnn1C. The second-order valence-corrected chi connectivity index (χ2v) is 4.99. The molecule has 0 saturated carbocycles. The van der Waals surface area contributed by atoms with Crippen LogP contribution >= 0.6 is 0 Å². The fourth-order valence-corrected chi connectivity index (χ4v) is 1.52. The minimum atomic E-state index is 1.07. The molecule has 0 bridgehead atoms. The van der Waals surface area contributed by atoms with E-state index in [1.807, 2.05) is 112 Å². The van der Waals surface area contributed by atoms with Crippen LogP contribution in [-0.4, -0.2) is 24.1 Å². The van der Waals surface area contributed by atoms with Crippen molar-refractivity contribution in [2.24, 2.45) is 21.1 Å². The molecule has 0 aliphatic carbocycles. The molecule has 5 heteroatoms. The van der Waals surface area contributed by atoms with Gasteiger partial charge in [-0.05, 0) is 45.0 Å². The van der Waals surface area contributed by atoms with Crippen LogP contribution in [0.3, 0.4) is 0 Å². The zero-order valence-electron chi connectivity index (χ0n) is 19.8. The van der Waals surface area contributed by atoms with Crippen molar-refractivity contribution in [1.29, 1.82) is 0 Å². The molecule has 0 radical (unpaired) electrons. The summed E-state index contributed by atoms with van der Waals surface area (Å²) in [5.41, 5.74) is 3.57. The van der Waals surface area contributed by atoms with Crippen LogP contribution in [0.15, 0.2) is 42.9 Å². The highest BCUT2D eigenvalue weighted by Crippen LogP contribution is 1.93. The lowest BCUT2D eigenvalue weighted by Gasteiger charge is -1.89. The summed E-state index contributed by atoms with van der Waals surface area (Å²) in [4.78, 5) is 0. The Bertz CT molecular complexity index is 559. The summed E-state index contributed by atoms with van der Waals surface area (Å²) in [6.07, 6.45) is 5.75. The molecule has 3 aromatic heterocycles. The average molecular weight is 378 g/mol. The third kappa shape index (κ3) is 15.7. The smallest absolute Gasteiger partial charge is 0.0593 e. The van der Waals surface area contributed by atoms with Crippen LogP contribution in [-0.2, 0) is 21.1 Å². The van der Waals surface area contributed by atoms with Crippen molar-refractivity contribution in [3.63, 3.8) is 0 Å². The van der Waals surface area contributed by atoms with Crippen molar-refractivity contribution in [2.45, 2.75) is 62.3 Å². The Morgan fingerprint density at radius 1 is 0.704 bits per heavy atom. The van der Waals surface area contributed by atoms with Gasteiger partial charge in [-0.25, -0.2) is 0 Å². The molecular formula is C22H43N5. The summed E-state index contributed by atoms with van der Waals surface area (Å²) >= 11 is 0. The third-order valence-corrected chi connectivity index (χ3v) is 3.12. The second kappa shape index (κ2) is 20.0. The summed E-state index contributed by atoms with van der Waals surface area (Å²) in [6.45, 7) is 18.1. The number of rotatable bonds is 0. The highest BCUT2D eigenvalue weighted by molar-refractivity contribution is 5.02. The molecule has 0 saturated heterocycles. The highest BCUT2D eigenvalue weighted by Gasteiger charge is 1.84. The Kier molecular flexibility index (Phi) is 21.8. The minimum Gasteiger partial charge on any atom is -0.355 e. The molecule has 3 rings (SSSR count). The van der Waals surface area contributed by atoms with Gasteiger partial charge in [0.1, 0.15) is 0 Å². The van der Waals surface area contributed by atoms with Gasteiger partial charge in [0, 0.05) is 51.1 Å². The van der Waals surface area contributed by atoms with Gasteiger partial charge in [-0.1, -0.05) is 41.5 Å². The van der Waals surface area contributed by atoms with Crippen molar-refractivity contribution >= 4 is 0 Å². The van der Waals surface area contributed by atoms with E-state index in [9.17, 15) is 0 Å². The zero-order valence-corrected chi connectivity index (χ0v) is 19.8. The molecule has 5 nitrogen and oxygen atoms in total.